The highest BCUT2D eigenvalue weighted by atomic mass is 16.2. The van der Waals surface area contributed by atoms with Gasteiger partial charge in [-0.2, -0.15) is 0 Å². The SMILES string of the molecule is CNC(=O)c1ccc(C(=O)Nc2nc3cc(N(C)C(=O)C4CCCCC4)ccc3n2CCC(N)=O)cc1. The Bertz CT molecular complexity index is 1320. The second kappa shape index (κ2) is 11.2. The number of fused-ring (bicyclic) bond motifs is 1. The Morgan fingerprint density at radius 2 is 1.65 bits per heavy atom. The fraction of sp³-hybridized carbons (Fsp3) is 0.370. The third-order valence-corrected chi connectivity index (χ3v) is 6.85. The van der Waals surface area contributed by atoms with E-state index in [1.807, 2.05) is 18.2 Å². The van der Waals surface area contributed by atoms with Gasteiger partial charge in [0.15, 0.2) is 0 Å². The number of anilines is 2. The molecule has 1 aliphatic carbocycles. The fourth-order valence-corrected chi connectivity index (χ4v) is 4.71. The summed E-state index contributed by atoms with van der Waals surface area (Å²) < 4.78 is 1.73. The van der Waals surface area contributed by atoms with E-state index in [0.29, 0.717) is 27.8 Å². The summed E-state index contributed by atoms with van der Waals surface area (Å²) in [7, 11) is 3.31. The molecule has 1 aliphatic rings. The maximum atomic E-state index is 13.0. The van der Waals surface area contributed by atoms with Gasteiger partial charge in [-0.1, -0.05) is 19.3 Å². The first-order valence-corrected chi connectivity index (χ1v) is 12.5. The summed E-state index contributed by atoms with van der Waals surface area (Å²) in [5, 5.41) is 5.34. The van der Waals surface area contributed by atoms with Gasteiger partial charge >= 0.3 is 0 Å². The molecule has 0 atom stereocenters. The van der Waals surface area contributed by atoms with Crippen molar-refractivity contribution in [3.63, 3.8) is 0 Å². The van der Waals surface area contributed by atoms with E-state index >= 15 is 0 Å². The van der Waals surface area contributed by atoms with Crippen LogP contribution >= 0.6 is 0 Å². The molecular formula is C27H32N6O4. The lowest BCUT2D eigenvalue weighted by Crippen LogP contribution is -2.33. The summed E-state index contributed by atoms with van der Waals surface area (Å²) in [6, 6.07) is 11.7. The molecular weight excluding hydrogens is 472 g/mol. The highest BCUT2D eigenvalue weighted by Gasteiger charge is 2.25. The van der Waals surface area contributed by atoms with Gasteiger partial charge in [-0.25, -0.2) is 4.98 Å². The highest BCUT2D eigenvalue weighted by molar-refractivity contribution is 6.05. The highest BCUT2D eigenvalue weighted by Crippen LogP contribution is 2.29. The predicted molar refractivity (Wildman–Crippen MR) is 141 cm³/mol. The average Bonchev–Trinajstić information content (AvgIpc) is 3.26. The number of hydrogen-bond donors (Lipinski definition) is 3. The van der Waals surface area contributed by atoms with E-state index < -0.39 is 11.8 Å². The molecule has 0 unspecified atom stereocenters. The molecule has 0 spiro atoms. The lowest BCUT2D eigenvalue weighted by Gasteiger charge is -2.26. The summed E-state index contributed by atoms with van der Waals surface area (Å²) >= 11 is 0. The molecule has 2 aromatic carbocycles. The lowest BCUT2D eigenvalue weighted by atomic mass is 9.88. The number of amides is 4. The van der Waals surface area contributed by atoms with Gasteiger partial charge in [-0.05, 0) is 55.3 Å². The van der Waals surface area contributed by atoms with Crippen LogP contribution in [0.15, 0.2) is 42.5 Å². The van der Waals surface area contributed by atoms with Gasteiger partial charge < -0.3 is 20.5 Å². The molecule has 1 heterocycles. The summed E-state index contributed by atoms with van der Waals surface area (Å²) in [5.74, 6) is -0.742. The van der Waals surface area contributed by atoms with Crippen molar-refractivity contribution in [1.29, 1.82) is 0 Å². The minimum Gasteiger partial charge on any atom is -0.370 e. The molecule has 0 saturated heterocycles. The van der Waals surface area contributed by atoms with Crippen molar-refractivity contribution >= 4 is 46.3 Å². The fourth-order valence-electron chi connectivity index (χ4n) is 4.71. The summed E-state index contributed by atoms with van der Waals surface area (Å²) in [4.78, 5) is 55.5. The van der Waals surface area contributed by atoms with E-state index in [0.717, 1.165) is 25.7 Å². The quantitative estimate of drug-likeness (QED) is 0.433. The zero-order valence-corrected chi connectivity index (χ0v) is 21.1. The van der Waals surface area contributed by atoms with Crippen LogP contribution in [-0.2, 0) is 16.1 Å². The number of aryl methyl sites for hydroxylation is 1. The molecule has 0 bridgehead atoms. The van der Waals surface area contributed by atoms with Gasteiger partial charge in [0.05, 0.1) is 11.0 Å². The number of nitrogens with zero attached hydrogens (tertiary/aromatic N) is 3. The number of hydrogen-bond acceptors (Lipinski definition) is 5. The van der Waals surface area contributed by atoms with Crippen molar-refractivity contribution in [2.45, 2.75) is 45.1 Å². The summed E-state index contributed by atoms with van der Waals surface area (Å²) in [5.41, 5.74) is 8.16. The molecule has 0 radical (unpaired) electrons. The number of benzene rings is 2. The number of carbonyl (C=O) groups excluding carboxylic acids is 4. The second-order valence-electron chi connectivity index (χ2n) is 9.32. The maximum absolute atomic E-state index is 13.0. The first-order valence-electron chi connectivity index (χ1n) is 12.5. The molecule has 1 aromatic heterocycles. The first-order chi connectivity index (χ1) is 17.8. The van der Waals surface area contributed by atoms with Gasteiger partial charge in [0.1, 0.15) is 0 Å². The zero-order valence-electron chi connectivity index (χ0n) is 21.1. The number of primary amides is 1. The number of nitrogens with two attached hydrogens (primary N) is 1. The average molecular weight is 505 g/mol. The minimum atomic E-state index is -0.474. The van der Waals surface area contributed by atoms with E-state index in [9.17, 15) is 19.2 Å². The minimum absolute atomic E-state index is 0.0345. The smallest absolute Gasteiger partial charge is 0.257 e. The third-order valence-electron chi connectivity index (χ3n) is 6.85. The number of carbonyl (C=O) groups is 4. The van der Waals surface area contributed by atoms with Crippen LogP contribution in [0.2, 0.25) is 0 Å². The standard InChI is InChI=1S/C27H32N6O4/c1-29-24(35)17-8-10-18(11-9-17)25(36)31-27-30-21-16-20(12-13-22(21)33(27)15-14-23(28)34)32(2)26(37)19-6-4-3-5-7-19/h8-13,16,19H,3-7,14-15H2,1-2H3,(H2,28,34)(H,29,35)(H,30,31,36). The molecule has 1 fully saturated rings. The van der Waals surface area contributed by atoms with E-state index in [4.69, 9.17) is 5.73 Å². The largest absolute Gasteiger partial charge is 0.370 e. The molecule has 4 rings (SSSR count). The van der Waals surface area contributed by atoms with Crippen LogP contribution in [0.4, 0.5) is 11.6 Å². The molecule has 10 nitrogen and oxygen atoms in total. The van der Waals surface area contributed by atoms with Crippen molar-refractivity contribution in [2.75, 3.05) is 24.3 Å². The normalized spacial score (nSPS) is 13.8. The summed E-state index contributed by atoms with van der Waals surface area (Å²) in [6.45, 7) is 0.229. The van der Waals surface area contributed by atoms with Crippen molar-refractivity contribution < 1.29 is 19.2 Å². The Morgan fingerprint density at radius 1 is 1.00 bits per heavy atom. The van der Waals surface area contributed by atoms with E-state index in [2.05, 4.69) is 15.6 Å². The van der Waals surface area contributed by atoms with Gasteiger partial charge in [0.2, 0.25) is 17.8 Å². The van der Waals surface area contributed by atoms with Crippen molar-refractivity contribution in [1.82, 2.24) is 14.9 Å². The Labute approximate surface area is 215 Å². The Hall–Kier alpha value is -4.21. The molecule has 4 amide bonds. The molecule has 37 heavy (non-hydrogen) atoms. The zero-order chi connectivity index (χ0) is 26.5. The molecule has 194 valence electrons. The van der Waals surface area contributed by atoms with Gasteiger partial charge in [0.25, 0.3) is 11.8 Å². The summed E-state index contributed by atoms with van der Waals surface area (Å²) in [6.07, 6.45) is 5.21. The first kappa shape index (κ1) is 25.9. The van der Waals surface area contributed by atoms with Crippen LogP contribution in [0.1, 0.15) is 59.2 Å². The maximum Gasteiger partial charge on any atom is 0.257 e. The second-order valence-corrected chi connectivity index (χ2v) is 9.32. The third kappa shape index (κ3) is 5.79. The van der Waals surface area contributed by atoms with Crippen molar-refractivity contribution in [2.24, 2.45) is 11.7 Å². The van der Waals surface area contributed by atoms with Crippen LogP contribution < -0.4 is 21.3 Å². The topological polar surface area (TPSA) is 139 Å². The van der Waals surface area contributed by atoms with Gasteiger partial charge in [0, 0.05) is 49.8 Å². The monoisotopic (exact) mass is 504 g/mol. The number of imidazole rings is 1. The van der Waals surface area contributed by atoms with Crippen LogP contribution in [0, 0.1) is 5.92 Å². The Kier molecular flexibility index (Phi) is 7.86. The Balaban J connectivity index is 1.61. The number of aromatic nitrogens is 2. The van der Waals surface area contributed by atoms with Crippen LogP contribution in [0.5, 0.6) is 0 Å². The lowest BCUT2D eigenvalue weighted by molar-refractivity contribution is -0.123. The van der Waals surface area contributed by atoms with Gasteiger partial charge in [-0.15, -0.1) is 0 Å². The number of rotatable bonds is 8. The van der Waals surface area contributed by atoms with Crippen LogP contribution in [0.25, 0.3) is 11.0 Å². The predicted octanol–water partition coefficient (Wildman–Crippen LogP) is 3.07. The molecule has 1 saturated carbocycles. The number of nitrogens with one attached hydrogen (secondary N) is 2. The molecule has 4 N–H and O–H groups in total. The molecule has 10 heteroatoms. The van der Waals surface area contributed by atoms with Crippen LogP contribution in [-0.4, -0.2) is 47.3 Å². The van der Waals surface area contributed by atoms with E-state index in [1.54, 1.807) is 40.8 Å². The van der Waals surface area contributed by atoms with E-state index in [1.165, 1.54) is 13.5 Å². The van der Waals surface area contributed by atoms with Gasteiger partial charge in [-0.3, -0.25) is 24.5 Å². The van der Waals surface area contributed by atoms with Crippen molar-refractivity contribution in [3.05, 3.63) is 53.6 Å². The van der Waals surface area contributed by atoms with Crippen molar-refractivity contribution in [3.8, 4) is 0 Å². The molecule has 3 aromatic rings. The van der Waals surface area contributed by atoms with Crippen LogP contribution in [0.3, 0.4) is 0 Å². The Morgan fingerprint density at radius 3 is 2.27 bits per heavy atom. The van der Waals surface area contributed by atoms with E-state index in [-0.39, 0.29) is 36.6 Å². The molecule has 0 aliphatic heterocycles.